The highest BCUT2D eigenvalue weighted by Crippen LogP contribution is 2.22. The van der Waals surface area contributed by atoms with Crippen molar-refractivity contribution in [2.45, 2.75) is 39.7 Å². The molecule has 16 heavy (non-hydrogen) atoms. The molecule has 0 aliphatic rings. The molecular formula is C14H23NO. The van der Waals surface area contributed by atoms with Crippen molar-refractivity contribution in [1.29, 1.82) is 0 Å². The van der Waals surface area contributed by atoms with E-state index >= 15 is 0 Å². The van der Waals surface area contributed by atoms with E-state index in [4.69, 9.17) is 0 Å². The molecule has 1 unspecified atom stereocenters. The third-order valence-electron chi connectivity index (χ3n) is 2.69. The predicted molar refractivity (Wildman–Crippen MR) is 68.7 cm³/mol. The molecule has 0 bridgehead atoms. The van der Waals surface area contributed by atoms with Crippen LogP contribution in [0.5, 0.6) is 5.75 Å². The Hall–Kier alpha value is -1.02. The molecule has 0 aliphatic heterocycles. The minimum Gasteiger partial charge on any atom is -0.508 e. The monoisotopic (exact) mass is 221 g/mol. The van der Waals surface area contributed by atoms with Gasteiger partial charge >= 0.3 is 0 Å². The fourth-order valence-corrected chi connectivity index (χ4v) is 1.93. The number of benzene rings is 1. The number of hydrogen-bond acceptors (Lipinski definition) is 2. The summed E-state index contributed by atoms with van der Waals surface area (Å²) < 4.78 is 0. The minimum absolute atomic E-state index is 0.334. The average molecular weight is 221 g/mol. The molecule has 0 saturated heterocycles. The fourth-order valence-electron chi connectivity index (χ4n) is 1.93. The van der Waals surface area contributed by atoms with Crippen LogP contribution in [-0.2, 0) is 6.42 Å². The van der Waals surface area contributed by atoms with Crippen LogP contribution in [0.2, 0.25) is 0 Å². The van der Waals surface area contributed by atoms with E-state index in [0.29, 0.717) is 17.2 Å². The summed E-state index contributed by atoms with van der Waals surface area (Å²) in [7, 11) is 2.01. The van der Waals surface area contributed by atoms with Gasteiger partial charge < -0.3 is 10.4 Å². The summed E-state index contributed by atoms with van der Waals surface area (Å²) >= 11 is 0. The Labute approximate surface area is 98.7 Å². The first-order valence-electron chi connectivity index (χ1n) is 5.86. The number of likely N-dealkylation sites (N-methyl/N-ethyl adjacent to an activating group) is 1. The second-order valence-electron chi connectivity index (χ2n) is 5.62. The van der Waals surface area contributed by atoms with Crippen LogP contribution in [0.1, 0.15) is 32.8 Å². The average Bonchev–Trinajstić information content (AvgIpc) is 2.18. The smallest absolute Gasteiger partial charge is 0.115 e. The maximum absolute atomic E-state index is 9.22. The van der Waals surface area contributed by atoms with Crippen molar-refractivity contribution in [2.75, 3.05) is 7.05 Å². The third-order valence-corrected chi connectivity index (χ3v) is 2.69. The van der Waals surface area contributed by atoms with Crippen molar-refractivity contribution in [1.82, 2.24) is 5.32 Å². The summed E-state index contributed by atoms with van der Waals surface area (Å²) in [5.74, 6) is 0.334. The first kappa shape index (κ1) is 13.0. The Kier molecular flexibility index (Phi) is 4.36. The lowest BCUT2D eigenvalue weighted by molar-refractivity contribution is 0.316. The minimum atomic E-state index is 0.334. The lowest BCUT2D eigenvalue weighted by Crippen LogP contribution is -2.31. The molecule has 1 rings (SSSR count). The van der Waals surface area contributed by atoms with Crippen LogP contribution >= 0.6 is 0 Å². The van der Waals surface area contributed by atoms with Crippen molar-refractivity contribution in [3.8, 4) is 5.75 Å². The zero-order valence-corrected chi connectivity index (χ0v) is 10.7. The van der Waals surface area contributed by atoms with Crippen molar-refractivity contribution >= 4 is 0 Å². The molecule has 0 aliphatic carbocycles. The van der Waals surface area contributed by atoms with E-state index in [2.05, 4.69) is 26.1 Å². The number of hydrogen-bond donors (Lipinski definition) is 2. The zero-order valence-electron chi connectivity index (χ0n) is 10.7. The SMILES string of the molecule is CNC(Cc1ccc(O)cc1)CC(C)(C)C. The highest BCUT2D eigenvalue weighted by Gasteiger charge is 2.17. The summed E-state index contributed by atoms with van der Waals surface area (Å²) in [6, 6.07) is 7.97. The van der Waals surface area contributed by atoms with Gasteiger partial charge in [0.2, 0.25) is 0 Å². The van der Waals surface area contributed by atoms with Gasteiger partial charge in [-0.05, 0) is 43.0 Å². The largest absolute Gasteiger partial charge is 0.508 e. The lowest BCUT2D eigenvalue weighted by atomic mass is 9.86. The third kappa shape index (κ3) is 4.67. The van der Waals surface area contributed by atoms with Crippen LogP contribution < -0.4 is 5.32 Å². The molecule has 0 saturated carbocycles. The summed E-state index contributed by atoms with van der Waals surface area (Å²) in [6.07, 6.45) is 2.15. The topological polar surface area (TPSA) is 32.3 Å². The molecule has 0 amide bonds. The van der Waals surface area contributed by atoms with Gasteiger partial charge in [-0.2, -0.15) is 0 Å². The van der Waals surface area contributed by atoms with Gasteiger partial charge in [0.25, 0.3) is 0 Å². The van der Waals surface area contributed by atoms with Crippen LogP contribution in [-0.4, -0.2) is 18.2 Å². The Bertz CT molecular complexity index is 311. The first-order valence-corrected chi connectivity index (χ1v) is 5.86. The summed E-state index contributed by atoms with van der Waals surface area (Å²) in [6.45, 7) is 6.77. The first-order chi connectivity index (χ1) is 7.40. The van der Waals surface area contributed by atoms with Gasteiger partial charge in [-0.25, -0.2) is 0 Å². The lowest BCUT2D eigenvalue weighted by Gasteiger charge is -2.25. The summed E-state index contributed by atoms with van der Waals surface area (Å²) in [5, 5.41) is 12.6. The van der Waals surface area contributed by atoms with Gasteiger partial charge in [0.05, 0.1) is 0 Å². The quantitative estimate of drug-likeness (QED) is 0.819. The fraction of sp³-hybridized carbons (Fsp3) is 0.571. The second kappa shape index (κ2) is 5.35. The molecule has 0 aromatic heterocycles. The predicted octanol–water partition coefficient (Wildman–Crippen LogP) is 2.96. The van der Waals surface area contributed by atoms with E-state index in [0.717, 1.165) is 12.8 Å². The molecule has 0 radical (unpaired) electrons. The van der Waals surface area contributed by atoms with Crippen molar-refractivity contribution < 1.29 is 5.11 Å². The Morgan fingerprint density at radius 1 is 1.19 bits per heavy atom. The van der Waals surface area contributed by atoms with E-state index in [1.54, 1.807) is 12.1 Å². The zero-order chi connectivity index (χ0) is 12.2. The molecule has 2 heteroatoms. The molecule has 0 heterocycles. The Balaban J connectivity index is 2.60. The number of phenolic OH excluding ortho intramolecular Hbond substituents is 1. The maximum Gasteiger partial charge on any atom is 0.115 e. The Morgan fingerprint density at radius 2 is 1.75 bits per heavy atom. The normalized spacial score (nSPS) is 13.8. The van der Waals surface area contributed by atoms with Crippen LogP contribution in [0.15, 0.2) is 24.3 Å². The van der Waals surface area contributed by atoms with Gasteiger partial charge in [0, 0.05) is 6.04 Å². The van der Waals surface area contributed by atoms with E-state index in [1.807, 2.05) is 19.2 Å². The van der Waals surface area contributed by atoms with Gasteiger partial charge in [0.15, 0.2) is 0 Å². The maximum atomic E-state index is 9.22. The van der Waals surface area contributed by atoms with E-state index < -0.39 is 0 Å². The number of aromatic hydroxyl groups is 1. The molecule has 0 fully saturated rings. The highest BCUT2D eigenvalue weighted by atomic mass is 16.3. The second-order valence-corrected chi connectivity index (χ2v) is 5.62. The van der Waals surface area contributed by atoms with Crippen LogP contribution in [0.3, 0.4) is 0 Å². The summed E-state index contributed by atoms with van der Waals surface area (Å²) in [5.41, 5.74) is 1.60. The van der Waals surface area contributed by atoms with E-state index in [-0.39, 0.29) is 0 Å². The molecule has 1 atom stereocenters. The van der Waals surface area contributed by atoms with Crippen molar-refractivity contribution in [2.24, 2.45) is 5.41 Å². The van der Waals surface area contributed by atoms with Crippen molar-refractivity contribution in [3.05, 3.63) is 29.8 Å². The molecule has 2 nitrogen and oxygen atoms in total. The van der Waals surface area contributed by atoms with Crippen LogP contribution in [0.4, 0.5) is 0 Å². The Morgan fingerprint density at radius 3 is 2.19 bits per heavy atom. The van der Waals surface area contributed by atoms with E-state index in [1.165, 1.54) is 5.56 Å². The molecule has 1 aromatic carbocycles. The highest BCUT2D eigenvalue weighted by molar-refractivity contribution is 5.26. The standard InChI is InChI=1S/C14H23NO/c1-14(2,3)10-12(15-4)9-11-5-7-13(16)8-6-11/h5-8,12,15-16H,9-10H2,1-4H3. The van der Waals surface area contributed by atoms with Gasteiger partial charge in [-0.3, -0.25) is 0 Å². The summed E-state index contributed by atoms with van der Waals surface area (Å²) in [4.78, 5) is 0. The van der Waals surface area contributed by atoms with Gasteiger partial charge in [-0.1, -0.05) is 32.9 Å². The molecular weight excluding hydrogens is 198 g/mol. The van der Waals surface area contributed by atoms with Gasteiger partial charge in [-0.15, -0.1) is 0 Å². The molecule has 1 aromatic rings. The van der Waals surface area contributed by atoms with Crippen LogP contribution in [0.25, 0.3) is 0 Å². The van der Waals surface area contributed by atoms with E-state index in [9.17, 15) is 5.11 Å². The number of rotatable bonds is 4. The van der Waals surface area contributed by atoms with Crippen molar-refractivity contribution in [3.63, 3.8) is 0 Å². The molecule has 2 N–H and O–H groups in total. The van der Waals surface area contributed by atoms with Crippen LogP contribution in [0, 0.1) is 5.41 Å². The molecule has 90 valence electrons. The number of nitrogens with one attached hydrogen (secondary N) is 1. The number of phenols is 1. The van der Waals surface area contributed by atoms with Gasteiger partial charge in [0.1, 0.15) is 5.75 Å². The molecule has 0 spiro atoms.